The van der Waals surface area contributed by atoms with Gasteiger partial charge in [0, 0.05) is 19.5 Å². The quantitative estimate of drug-likeness (QED) is 0.347. The van der Waals surface area contributed by atoms with Gasteiger partial charge in [-0.2, -0.15) is 0 Å². The molecule has 3 aromatic carbocycles. The van der Waals surface area contributed by atoms with Gasteiger partial charge in [-0.05, 0) is 44.0 Å². The minimum atomic E-state index is -3.88. The van der Waals surface area contributed by atoms with E-state index in [2.05, 4.69) is 5.32 Å². The summed E-state index contributed by atoms with van der Waals surface area (Å²) in [4.78, 5) is 28.9. The molecule has 0 saturated heterocycles. The number of likely N-dealkylation sites (N-methyl/N-ethyl adjacent to an activating group) is 1. The number of nitrogens with zero attached hydrogens (tertiary/aromatic N) is 2. The molecule has 208 valence electrons. The van der Waals surface area contributed by atoms with Gasteiger partial charge in [-0.25, -0.2) is 8.42 Å². The maximum absolute atomic E-state index is 14.1. The zero-order valence-corrected chi connectivity index (χ0v) is 23.8. The SMILES string of the molecule is CCNC(=O)C(Cc1ccccc1)N(Cc1ccc(C)cc1)C(=O)CN(c1ccccc1OCC)S(C)(=O)=O. The number of amides is 2. The van der Waals surface area contributed by atoms with Crippen LogP contribution in [0.4, 0.5) is 5.69 Å². The van der Waals surface area contributed by atoms with Crippen LogP contribution in [-0.2, 0) is 32.6 Å². The van der Waals surface area contributed by atoms with Gasteiger partial charge in [-0.15, -0.1) is 0 Å². The fraction of sp³-hybridized carbons (Fsp3) is 0.333. The summed E-state index contributed by atoms with van der Waals surface area (Å²) in [5.41, 5.74) is 3.05. The molecule has 1 atom stereocenters. The van der Waals surface area contributed by atoms with Crippen LogP contribution >= 0.6 is 0 Å². The summed E-state index contributed by atoms with van der Waals surface area (Å²) in [7, 11) is -3.88. The number of sulfonamides is 1. The maximum Gasteiger partial charge on any atom is 0.244 e. The highest BCUT2D eigenvalue weighted by Crippen LogP contribution is 2.30. The molecule has 0 aliphatic carbocycles. The summed E-state index contributed by atoms with van der Waals surface area (Å²) in [5, 5.41) is 2.85. The first-order valence-corrected chi connectivity index (χ1v) is 14.8. The number of carbonyl (C=O) groups is 2. The number of para-hydroxylation sites is 2. The molecule has 0 saturated carbocycles. The van der Waals surface area contributed by atoms with Gasteiger partial charge in [-0.3, -0.25) is 13.9 Å². The van der Waals surface area contributed by atoms with E-state index in [4.69, 9.17) is 4.74 Å². The number of rotatable bonds is 13. The first kappa shape index (κ1) is 29.7. The van der Waals surface area contributed by atoms with E-state index >= 15 is 0 Å². The van der Waals surface area contributed by atoms with Crippen molar-refractivity contribution in [3.8, 4) is 5.75 Å². The van der Waals surface area contributed by atoms with Crippen LogP contribution in [0.5, 0.6) is 5.75 Å². The number of anilines is 1. The maximum atomic E-state index is 14.1. The van der Waals surface area contributed by atoms with Crippen molar-refractivity contribution < 1.29 is 22.7 Å². The van der Waals surface area contributed by atoms with E-state index in [9.17, 15) is 18.0 Å². The molecule has 0 radical (unpaired) electrons. The second-order valence-electron chi connectivity index (χ2n) is 9.28. The molecule has 9 heteroatoms. The summed E-state index contributed by atoms with van der Waals surface area (Å²) < 4.78 is 32.6. The summed E-state index contributed by atoms with van der Waals surface area (Å²) in [6.07, 6.45) is 1.33. The van der Waals surface area contributed by atoms with Crippen LogP contribution in [0.15, 0.2) is 78.9 Å². The molecule has 39 heavy (non-hydrogen) atoms. The predicted molar refractivity (Wildman–Crippen MR) is 154 cm³/mol. The van der Waals surface area contributed by atoms with Crippen molar-refractivity contribution in [2.24, 2.45) is 0 Å². The van der Waals surface area contributed by atoms with E-state index in [-0.39, 0.29) is 24.6 Å². The fourth-order valence-electron chi connectivity index (χ4n) is 4.27. The number of carbonyl (C=O) groups excluding carboxylic acids is 2. The first-order valence-electron chi connectivity index (χ1n) is 13.0. The molecular weight excluding hydrogens is 514 g/mol. The molecule has 8 nitrogen and oxygen atoms in total. The Bertz CT molecular complexity index is 1340. The number of benzene rings is 3. The first-order chi connectivity index (χ1) is 18.6. The van der Waals surface area contributed by atoms with Gasteiger partial charge in [-0.1, -0.05) is 72.3 Å². The molecule has 3 aromatic rings. The lowest BCUT2D eigenvalue weighted by molar-refractivity contribution is -0.140. The van der Waals surface area contributed by atoms with Gasteiger partial charge >= 0.3 is 0 Å². The largest absolute Gasteiger partial charge is 0.492 e. The lowest BCUT2D eigenvalue weighted by Gasteiger charge is -2.33. The highest BCUT2D eigenvalue weighted by molar-refractivity contribution is 7.92. The Morgan fingerprint density at radius 2 is 1.54 bits per heavy atom. The number of aryl methyl sites for hydroxylation is 1. The Morgan fingerprint density at radius 3 is 2.15 bits per heavy atom. The second kappa shape index (κ2) is 13.8. The summed E-state index contributed by atoms with van der Waals surface area (Å²) in [6.45, 7) is 5.97. The van der Waals surface area contributed by atoms with Crippen LogP contribution < -0.4 is 14.4 Å². The van der Waals surface area contributed by atoms with Crippen LogP contribution in [0.25, 0.3) is 0 Å². The number of hydrogen-bond acceptors (Lipinski definition) is 5. The van der Waals surface area contributed by atoms with E-state index in [1.807, 2.05) is 68.4 Å². The molecule has 0 spiro atoms. The summed E-state index contributed by atoms with van der Waals surface area (Å²) >= 11 is 0. The minimum Gasteiger partial charge on any atom is -0.492 e. The topological polar surface area (TPSA) is 96.0 Å². The lowest BCUT2D eigenvalue weighted by Crippen LogP contribution is -2.53. The van der Waals surface area contributed by atoms with Gasteiger partial charge in [0.05, 0.1) is 18.6 Å². The van der Waals surface area contributed by atoms with Crippen LogP contribution in [0.1, 0.15) is 30.5 Å². The van der Waals surface area contributed by atoms with Crippen molar-refractivity contribution >= 4 is 27.5 Å². The average molecular weight is 552 g/mol. The molecule has 0 bridgehead atoms. The monoisotopic (exact) mass is 551 g/mol. The zero-order valence-electron chi connectivity index (χ0n) is 23.0. The Balaban J connectivity index is 2.05. The highest BCUT2D eigenvalue weighted by Gasteiger charge is 2.33. The number of hydrogen-bond donors (Lipinski definition) is 1. The van der Waals surface area contributed by atoms with Crippen molar-refractivity contribution in [1.82, 2.24) is 10.2 Å². The van der Waals surface area contributed by atoms with Crippen molar-refractivity contribution in [2.75, 3.05) is 30.3 Å². The number of ether oxygens (including phenoxy) is 1. The van der Waals surface area contributed by atoms with E-state index in [1.54, 1.807) is 31.2 Å². The van der Waals surface area contributed by atoms with Gasteiger partial charge in [0.15, 0.2) is 0 Å². The highest BCUT2D eigenvalue weighted by atomic mass is 32.2. The van der Waals surface area contributed by atoms with Crippen LogP contribution in [0.2, 0.25) is 0 Å². The van der Waals surface area contributed by atoms with Crippen LogP contribution in [0, 0.1) is 6.92 Å². The van der Waals surface area contributed by atoms with Gasteiger partial charge in [0.1, 0.15) is 18.3 Å². The van der Waals surface area contributed by atoms with Crippen molar-refractivity contribution in [1.29, 1.82) is 0 Å². The molecule has 0 fully saturated rings. The van der Waals surface area contributed by atoms with Crippen molar-refractivity contribution in [3.63, 3.8) is 0 Å². The smallest absolute Gasteiger partial charge is 0.244 e. The van der Waals surface area contributed by atoms with Gasteiger partial charge < -0.3 is 15.0 Å². The Labute approximate surface area is 231 Å². The van der Waals surface area contributed by atoms with Crippen molar-refractivity contribution in [2.45, 2.75) is 39.8 Å². The Morgan fingerprint density at radius 1 is 0.897 bits per heavy atom. The van der Waals surface area contributed by atoms with Gasteiger partial charge in [0.25, 0.3) is 0 Å². The van der Waals surface area contributed by atoms with E-state index in [1.165, 1.54) is 4.90 Å². The lowest BCUT2D eigenvalue weighted by atomic mass is 10.0. The Kier molecular flexibility index (Phi) is 10.5. The Hall–Kier alpha value is -3.85. The molecule has 0 aliphatic rings. The summed E-state index contributed by atoms with van der Waals surface area (Å²) in [6, 6.07) is 23.0. The second-order valence-corrected chi connectivity index (χ2v) is 11.2. The normalized spacial score (nSPS) is 11.9. The third-order valence-electron chi connectivity index (χ3n) is 6.21. The third-order valence-corrected chi connectivity index (χ3v) is 7.34. The number of nitrogens with one attached hydrogen (secondary N) is 1. The van der Waals surface area contributed by atoms with Crippen LogP contribution in [0.3, 0.4) is 0 Å². The molecule has 0 heterocycles. The van der Waals surface area contributed by atoms with E-state index < -0.39 is 28.5 Å². The summed E-state index contributed by atoms with van der Waals surface area (Å²) in [5.74, 6) is -0.449. The molecule has 3 rings (SSSR count). The fourth-order valence-corrected chi connectivity index (χ4v) is 5.12. The average Bonchev–Trinajstić information content (AvgIpc) is 2.91. The molecule has 0 aromatic heterocycles. The van der Waals surface area contributed by atoms with Crippen molar-refractivity contribution in [3.05, 3.63) is 95.6 Å². The molecule has 2 amide bonds. The predicted octanol–water partition coefficient (Wildman–Crippen LogP) is 3.94. The van der Waals surface area contributed by atoms with E-state index in [0.717, 1.165) is 27.3 Å². The van der Waals surface area contributed by atoms with Gasteiger partial charge in [0.2, 0.25) is 21.8 Å². The third kappa shape index (κ3) is 8.32. The molecule has 1 unspecified atom stereocenters. The van der Waals surface area contributed by atoms with Crippen LogP contribution in [-0.4, -0.2) is 57.1 Å². The molecular formula is C30H37N3O5S. The zero-order chi connectivity index (χ0) is 28.4. The van der Waals surface area contributed by atoms with E-state index in [0.29, 0.717) is 18.9 Å². The minimum absolute atomic E-state index is 0.137. The molecule has 0 aliphatic heterocycles. The molecule has 1 N–H and O–H groups in total. The standard InChI is InChI=1S/C30H37N3O5S/c1-5-31-30(35)27(20-24-12-8-7-9-13-24)32(21-25-18-16-23(3)17-19-25)29(34)22-33(39(4,36)37)26-14-10-11-15-28(26)38-6-2/h7-19,27H,5-6,20-22H2,1-4H3,(H,31,35).